The zero-order chi connectivity index (χ0) is 19.7. The Morgan fingerprint density at radius 2 is 1.86 bits per heavy atom. The summed E-state index contributed by atoms with van der Waals surface area (Å²) in [6, 6.07) is 10.9. The Morgan fingerprint density at radius 1 is 1.14 bits per heavy atom. The van der Waals surface area contributed by atoms with Gasteiger partial charge in [-0.25, -0.2) is 0 Å². The Morgan fingerprint density at radius 3 is 2.50 bits per heavy atom. The molecule has 0 aliphatic carbocycles. The number of hydrogen-bond donors (Lipinski definition) is 0. The molecule has 1 amide bonds. The van der Waals surface area contributed by atoms with Crippen LogP contribution in [0.5, 0.6) is 0 Å². The van der Waals surface area contributed by atoms with Crippen LogP contribution >= 0.6 is 0 Å². The number of carbonyl (C=O) groups excluding carboxylic acids is 1. The van der Waals surface area contributed by atoms with E-state index in [-0.39, 0.29) is 5.91 Å². The second kappa shape index (κ2) is 7.27. The first-order chi connectivity index (χ1) is 13.6. The minimum atomic E-state index is -0.00474. The van der Waals surface area contributed by atoms with Crippen molar-refractivity contribution in [1.29, 1.82) is 5.26 Å². The van der Waals surface area contributed by atoms with E-state index < -0.39 is 0 Å². The molecule has 28 heavy (non-hydrogen) atoms. The molecule has 1 fully saturated rings. The minimum absolute atomic E-state index is 0.00474. The molecule has 1 saturated heterocycles. The molecule has 4 rings (SSSR count). The second-order valence-electron chi connectivity index (χ2n) is 6.81. The van der Waals surface area contributed by atoms with Crippen molar-refractivity contribution >= 4 is 17.5 Å². The number of benzene rings is 1. The summed E-state index contributed by atoms with van der Waals surface area (Å²) in [5.74, 6) is 2.32. The number of amides is 1. The second-order valence-corrected chi connectivity index (χ2v) is 6.81. The monoisotopic (exact) mass is 375 g/mol. The number of carbonyl (C=O) groups is 1. The number of nitriles is 1. The van der Waals surface area contributed by atoms with Gasteiger partial charge in [-0.15, -0.1) is 10.2 Å². The van der Waals surface area contributed by atoms with Gasteiger partial charge in [0.1, 0.15) is 11.6 Å². The largest absolute Gasteiger partial charge is 0.353 e. The predicted molar refractivity (Wildman–Crippen MR) is 104 cm³/mol. The van der Waals surface area contributed by atoms with Gasteiger partial charge in [0, 0.05) is 43.5 Å². The van der Waals surface area contributed by atoms with Crippen LogP contribution in [0.25, 0.3) is 5.78 Å². The number of piperazine rings is 1. The molecule has 1 aromatic carbocycles. The van der Waals surface area contributed by atoms with Gasteiger partial charge in [-0.1, -0.05) is 6.92 Å². The van der Waals surface area contributed by atoms with Crippen molar-refractivity contribution in [2.75, 3.05) is 31.1 Å². The summed E-state index contributed by atoms with van der Waals surface area (Å²) in [7, 11) is 0. The molecule has 0 spiro atoms. The molecular formula is C20H21N7O. The molecule has 8 nitrogen and oxygen atoms in total. The lowest BCUT2D eigenvalue weighted by Gasteiger charge is -2.35. The molecule has 2 aromatic heterocycles. The fraction of sp³-hybridized carbons (Fsp3) is 0.350. The number of hydrogen-bond acceptors (Lipinski definition) is 6. The average molecular weight is 375 g/mol. The van der Waals surface area contributed by atoms with Gasteiger partial charge < -0.3 is 9.80 Å². The van der Waals surface area contributed by atoms with Gasteiger partial charge in [0.05, 0.1) is 11.6 Å². The van der Waals surface area contributed by atoms with Crippen LogP contribution in [0.3, 0.4) is 0 Å². The first-order valence-electron chi connectivity index (χ1n) is 9.36. The predicted octanol–water partition coefficient (Wildman–Crippen LogP) is 1.83. The average Bonchev–Trinajstić information content (AvgIpc) is 3.13. The summed E-state index contributed by atoms with van der Waals surface area (Å²) in [4.78, 5) is 21.4. The molecule has 3 aromatic rings. The molecule has 0 atom stereocenters. The SMILES string of the molecule is CCc1cc(N2CCN(C(=O)c3ccc(C#N)cc3)CC2)nc2nnc(C)n12. The van der Waals surface area contributed by atoms with Crippen molar-refractivity contribution in [3.8, 4) is 6.07 Å². The maximum atomic E-state index is 12.7. The van der Waals surface area contributed by atoms with Crippen molar-refractivity contribution < 1.29 is 4.79 Å². The van der Waals surface area contributed by atoms with Gasteiger partial charge in [-0.3, -0.25) is 9.20 Å². The van der Waals surface area contributed by atoms with E-state index in [0.717, 1.165) is 23.8 Å². The smallest absolute Gasteiger partial charge is 0.257 e. The quantitative estimate of drug-likeness (QED) is 0.694. The van der Waals surface area contributed by atoms with E-state index in [9.17, 15) is 4.79 Å². The number of aryl methyl sites for hydroxylation is 2. The fourth-order valence-corrected chi connectivity index (χ4v) is 3.54. The summed E-state index contributed by atoms with van der Waals surface area (Å²) in [6.07, 6.45) is 0.863. The van der Waals surface area contributed by atoms with Gasteiger partial charge in [-0.2, -0.15) is 10.2 Å². The fourth-order valence-electron chi connectivity index (χ4n) is 3.54. The Hall–Kier alpha value is -3.47. The summed E-state index contributed by atoms with van der Waals surface area (Å²) in [6.45, 7) is 6.70. The molecule has 0 saturated carbocycles. The Bertz CT molecular complexity index is 1060. The van der Waals surface area contributed by atoms with E-state index >= 15 is 0 Å². The van der Waals surface area contributed by atoms with Crippen LogP contribution in [0.1, 0.15) is 34.4 Å². The highest BCUT2D eigenvalue weighted by Crippen LogP contribution is 2.19. The highest BCUT2D eigenvalue weighted by Gasteiger charge is 2.24. The topological polar surface area (TPSA) is 90.4 Å². The molecule has 1 aliphatic heterocycles. The number of anilines is 1. The standard InChI is InChI=1S/C20H21N7O/c1-3-17-12-18(22-20-24-23-14(2)27(17)20)25-8-10-26(11-9-25)19(28)16-6-4-15(13-21)5-7-16/h4-7,12H,3,8-11H2,1-2H3. The zero-order valence-corrected chi connectivity index (χ0v) is 16.0. The van der Waals surface area contributed by atoms with Gasteiger partial charge in [0.2, 0.25) is 0 Å². The molecule has 0 radical (unpaired) electrons. The first-order valence-corrected chi connectivity index (χ1v) is 9.36. The minimum Gasteiger partial charge on any atom is -0.353 e. The number of rotatable bonds is 3. The zero-order valence-electron chi connectivity index (χ0n) is 16.0. The molecule has 142 valence electrons. The lowest BCUT2D eigenvalue weighted by Crippen LogP contribution is -2.49. The maximum absolute atomic E-state index is 12.7. The van der Waals surface area contributed by atoms with E-state index in [1.165, 1.54) is 0 Å². The summed E-state index contributed by atoms with van der Waals surface area (Å²) in [5.41, 5.74) is 2.29. The van der Waals surface area contributed by atoms with Gasteiger partial charge in [0.25, 0.3) is 11.7 Å². The van der Waals surface area contributed by atoms with Crippen LogP contribution in [0.4, 0.5) is 5.82 Å². The molecular weight excluding hydrogens is 354 g/mol. The van der Waals surface area contributed by atoms with Gasteiger partial charge in [0.15, 0.2) is 0 Å². The Labute approximate surface area is 163 Å². The number of fused-ring (bicyclic) bond motifs is 1. The summed E-state index contributed by atoms with van der Waals surface area (Å²) >= 11 is 0. The number of nitrogens with zero attached hydrogens (tertiary/aromatic N) is 7. The van der Waals surface area contributed by atoms with E-state index in [4.69, 9.17) is 5.26 Å². The highest BCUT2D eigenvalue weighted by molar-refractivity contribution is 5.94. The first kappa shape index (κ1) is 17.9. The third-order valence-corrected chi connectivity index (χ3v) is 5.12. The Kier molecular flexibility index (Phi) is 4.65. The van der Waals surface area contributed by atoms with Crippen molar-refractivity contribution in [2.45, 2.75) is 20.3 Å². The lowest BCUT2D eigenvalue weighted by molar-refractivity contribution is 0.0746. The van der Waals surface area contributed by atoms with Crippen LogP contribution in [-0.2, 0) is 6.42 Å². The molecule has 3 heterocycles. The third kappa shape index (κ3) is 3.16. The van der Waals surface area contributed by atoms with Gasteiger partial charge >= 0.3 is 0 Å². The molecule has 0 bridgehead atoms. The third-order valence-electron chi connectivity index (χ3n) is 5.12. The van der Waals surface area contributed by atoms with Gasteiger partial charge in [-0.05, 0) is 37.6 Å². The molecule has 1 aliphatic rings. The Balaban J connectivity index is 1.48. The van der Waals surface area contributed by atoms with Crippen LogP contribution in [-0.4, -0.2) is 56.6 Å². The normalized spacial score (nSPS) is 14.3. The van der Waals surface area contributed by atoms with Crippen LogP contribution in [0.2, 0.25) is 0 Å². The number of aromatic nitrogens is 4. The maximum Gasteiger partial charge on any atom is 0.257 e. The summed E-state index contributed by atoms with van der Waals surface area (Å²) in [5, 5.41) is 17.2. The van der Waals surface area contributed by atoms with E-state index in [0.29, 0.717) is 43.1 Å². The lowest BCUT2D eigenvalue weighted by atomic mass is 10.1. The van der Waals surface area contributed by atoms with Crippen molar-refractivity contribution in [1.82, 2.24) is 24.5 Å². The van der Waals surface area contributed by atoms with Crippen molar-refractivity contribution in [3.63, 3.8) is 0 Å². The summed E-state index contributed by atoms with van der Waals surface area (Å²) < 4.78 is 1.98. The molecule has 0 unspecified atom stereocenters. The highest BCUT2D eigenvalue weighted by atomic mass is 16.2. The van der Waals surface area contributed by atoms with E-state index in [1.54, 1.807) is 24.3 Å². The molecule has 0 N–H and O–H groups in total. The van der Waals surface area contributed by atoms with Crippen LogP contribution in [0, 0.1) is 18.3 Å². The van der Waals surface area contributed by atoms with Crippen molar-refractivity contribution in [3.05, 3.63) is 53.0 Å². The van der Waals surface area contributed by atoms with Crippen LogP contribution < -0.4 is 4.90 Å². The van der Waals surface area contributed by atoms with E-state index in [2.05, 4.69) is 39.1 Å². The van der Waals surface area contributed by atoms with Crippen LogP contribution in [0.15, 0.2) is 30.3 Å². The van der Waals surface area contributed by atoms with E-state index in [1.807, 2.05) is 16.2 Å². The molecule has 8 heteroatoms. The van der Waals surface area contributed by atoms with Crippen molar-refractivity contribution in [2.24, 2.45) is 0 Å².